The highest BCUT2D eigenvalue weighted by Crippen LogP contribution is 2.06. The van der Waals surface area contributed by atoms with E-state index >= 15 is 0 Å². The van der Waals surface area contributed by atoms with E-state index in [-0.39, 0.29) is 11.9 Å². The summed E-state index contributed by atoms with van der Waals surface area (Å²) in [5.74, 6) is -0.146. The van der Waals surface area contributed by atoms with Crippen molar-refractivity contribution in [2.45, 2.75) is 51.6 Å². The van der Waals surface area contributed by atoms with Crippen molar-refractivity contribution in [3.8, 4) is 0 Å². The first kappa shape index (κ1) is 16.9. The van der Waals surface area contributed by atoms with Crippen LogP contribution in [0, 0.1) is 0 Å². The summed E-state index contributed by atoms with van der Waals surface area (Å²) < 4.78 is 9.51. The van der Waals surface area contributed by atoms with Crippen LogP contribution < -0.4 is 10.6 Å². The molecular formula is C14H26N2O4. The molecule has 2 aliphatic heterocycles. The molecule has 0 radical (unpaired) electrons. The van der Waals surface area contributed by atoms with Crippen LogP contribution in [0.25, 0.3) is 0 Å². The predicted molar refractivity (Wildman–Crippen MR) is 75.3 cm³/mol. The minimum atomic E-state index is -0.0730. The van der Waals surface area contributed by atoms with Crippen LogP contribution in [0.3, 0.4) is 0 Å². The molecule has 0 spiro atoms. The highest BCUT2D eigenvalue weighted by Gasteiger charge is 2.21. The zero-order chi connectivity index (χ0) is 14.8. The lowest BCUT2D eigenvalue weighted by Gasteiger charge is -1.98. The quantitative estimate of drug-likeness (QED) is 0.501. The average molecular weight is 286 g/mol. The second-order valence-corrected chi connectivity index (χ2v) is 4.90. The SMILES string of the molecule is CCOC(=O)CCC1CN1.CCOC(=O)CCC1CN1. The fourth-order valence-corrected chi connectivity index (χ4v) is 1.63. The molecule has 20 heavy (non-hydrogen) atoms. The Morgan fingerprint density at radius 3 is 1.50 bits per heavy atom. The van der Waals surface area contributed by atoms with Crippen LogP contribution in [-0.4, -0.2) is 50.3 Å². The van der Waals surface area contributed by atoms with Crippen molar-refractivity contribution in [1.82, 2.24) is 10.6 Å². The van der Waals surface area contributed by atoms with Crippen molar-refractivity contribution in [3.05, 3.63) is 0 Å². The molecule has 2 aliphatic rings. The number of hydrogen-bond donors (Lipinski definition) is 2. The van der Waals surface area contributed by atoms with Crippen molar-refractivity contribution in [2.24, 2.45) is 0 Å². The van der Waals surface area contributed by atoms with E-state index in [1.807, 2.05) is 13.8 Å². The number of hydrogen-bond acceptors (Lipinski definition) is 6. The Morgan fingerprint density at radius 1 is 0.900 bits per heavy atom. The lowest BCUT2D eigenvalue weighted by molar-refractivity contribution is -0.144. The zero-order valence-corrected chi connectivity index (χ0v) is 12.4. The Balaban J connectivity index is 0.000000200. The van der Waals surface area contributed by atoms with Gasteiger partial charge in [0.2, 0.25) is 0 Å². The van der Waals surface area contributed by atoms with Gasteiger partial charge in [-0.25, -0.2) is 0 Å². The van der Waals surface area contributed by atoms with Gasteiger partial charge in [0.25, 0.3) is 0 Å². The van der Waals surface area contributed by atoms with Crippen molar-refractivity contribution in [3.63, 3.8) is 0 Å². The summed E-state index contributed by atoms with van der Waals surface area (Å²) in [4.78, 5) is 21.5. The monoisotopic (exact) mass is 286 g/mol. The number of rotatable bonds is 8. The third-order valence-electron chi connectivity index (χ3n) is 2.99. The molecule has 0 amide bonds. The fraction of sp³-hybridized carbons (Fsp3) is 0.857. The minimum Gasteiger partial charge on any atom is -0.466 e. The van der Waals surface area contributed by atoms with E-state index in [0.717, 1.165) is 25.9 Å². The number of esters is 2. The molecule has 2 heterocycles. The van der Waals surface area contributed by atoms with Crippen LogP contribution in [-0.2, 0) is 19.1 Å². The molecule has 2 fully saturated rings. The summed E-state index contributed by atoms with van der Waals surface area (Å²) in [5, 5.41) is 6.25. The number of nitrogens with one attached hydrogen (secondary N) is 2. The van der Waals surface area contributed by atoms with Gasteiger partial charge in [-0.05, 0) is 26.7 Å². The van der Waals surface area contributed by atoms with Gasteiger partial charge in [-0.2, -0.15) is 0 Å². The second kappa shape index (κ2) is 9.72. The first-order valence-corrected chi connectivity index (χ1v) is 7.43. The molecule has 0 aliphatic carbocycles. The molecule has 2 atom stereocenters. The van der Waals surface area contributed by atoms with Crippen LogP contribution >= 0.6 is 0 Å². The van der Waals surface area contributed by atoms with E-state index in [4.69, 9.17) is 9.47 Å². The summed E-state index contributed by atoms with van der Waals surface area (Å²) in [6.45, 7) is 6.78. The molecular weight excluding hydrogens is 260 g/mol. The molecule has 2 unspecified atom stereocenters. The zero-order valence-electron chi connectivity index (χ0n) is 12.4. The van der Waals surface area contributed by atoms with Gasteiger partial charge in [0.1, 0.15) is 0 Å². The van der Waals surface area contributed by atoms with Gasteiger partial charge in [-0.1, -0.05) is 0 Å². The van der Waals surface area contributed by atoms with E-state index in [9.17, 15) is 9.59 Å². The Morgan fingerprint density at radius 2 is 1.25 bits per heavy atom. The second-order valence-electron chi connectivity index (χ2n) is 4.90. The fourth-order valence-electron chi connectivity index (χ4n) is 1.63. The summed E-state index contributed by atoms with van der Waals surface area (Å²) in [6, 6.07) is 1.17. The normalized spacial score (nSPS) is 22.3. The first-order valence-electron chi connectivity index (χ1n) is 7.43. The number of carbonyl (C=O) groups excluding carboxylic acids is 2. The smallest absolute Gasteiger partial charge is 0.305 e. The lowest BCUT2D eigenvalue weighted by Crippen LogP contribution is -2.05. The summed E-state index contributed by atoms with van der Waals surface area (Å²) in [7, 11) is 0. The molecule has 2 N–H and O–H groups in total. The predicted octanol–water partition coefficient (Wildman–Crippen LogP) is 0.603. The van der Waals surface area contributed by atoms with Crippen LogP contribution in [0.15, 0.2) is 0 Å². The largest absolute Gasteiger partial charge is 0.466 e. The number of ether oxygens (including phenoxy) is 2. The molecule has 0 bridgehead atoms. The molecule has 116 valence electrons. The maximum atomic E-state index is 10.7. The third-order valence-corrected chi connectivity index (χ3v) is 2.99. The van der Waals surface area contributed by atoms with Crippen LogP contribution in [0.5, 0.6) is 0 Å². The van der Waals surface area contributed by atoms with Crippen LogP contribution in [0.2, 0.25) is 0 Å². The first-order chi connectivity index (χ1) is 9.65. The average Bonchev–Trinajstić information content (AvgIpc) is 3.29. The molecule has 6 nitrogen and oxygen atoms in total. The van der Waals surface area contributed by atoms with Crippen molar-refractivity contribution >= 4 is 11.9 Å². The Labute approximate surface area is 120 Å². The van der Waals surface area contributed by atoms with Gasteiger partial charge in [-0.3, -0.25) is 9.59 Å². The van der Waals surface area contributed by atoms with Crippen LogP contribution in [0.1, 0.15) is 39.5 Å². The van der Waals surface area contributed by atoms with Crippen molar-refractivity contribution in [2.75, 3.05) is 26.3 Å². The van der Waals surface area contributed by atoms with Gasteiger partial charge >= 0.3 is 11.9 Å². The minimum absolute atomic E-state index is 0.0730. The maximum Gasteiger partial charge on any atom is 0.305 e. The Hall–Kier alpha value is -1.14. The molecule has 2 rings (SSSR count). The van der Waals surface area contributed by atoms with Crippen LogP contribution in [0.4, 0.5) is 0 Å². The standard InChI is InChI=1S/2C7H13NO2/c2*1-2-10-7(9)4-3-6-5-8-6/h2*6,8H,2-5H2,1H3. The Bertz CT molecular complexity index is 272. The molecule has 2 saturated heterocycles. The van der Waals surface area contributed by atoms with E-state index in [2.05, 4.69) is 10.6 Å². The van der Waals surface area contributed by atoms with E-state index < -0.39 is 0 Å². The lowest BCUT2D eigenvalue weighted by atomic mass is 10.2. The highest BCUT2D eigenvalue weighted by molar-refractivity contribution is 5.69. The topological polar surface area (TPSA) is 96.5 Å². The summed E-state index contributed by atoms with van der Waals surface area (Å²) in [5.41, 5.74) is 0. The van der Waals surface area contributed by atoms with Gasteiger partial charge in [0, 0.05) is 38.0 Å². The molecule has 0 aromatic rings. The molecule has 0 saturated carbocycles. The number of carbonyl (C=O) groups is 2. The van der Waals surface area contributed by atoms with E-state index in [1.165, 1.54) is 0 Å². The molecule has 6 heteroatoms. The van der Waals surface area contributed by atoms with E-state index in [1.54, 1.807) is 0 Å². The van der Waals surface area contributed by atoms with Gasteiger partial charge in [-0.15, -0.1) is 0 Å². The van der Waals surface area contributed by atoms with E-state index in [0.29, 0.717) is 38.1 Å². The van der Waals surface area contributed by atoms with Gasteiger partial charge in [0.15, 0.2) is 0 Å². The third kappa shape index (κ3) is 9.75. The maximum absolute atomic E-state index is 10.7. The highest BCUT2D eigenvalue weighted by atomic mass is 16.5. The van der Waals surface area contributed by atoms with Crippen molar-refractivity contribution < 1.29 is 19.1 Å². The molecule has 0 aromatic heterocycles. The van der Waals surface area contributed by atoms with Gasteiger partial charge in [0.05, 0.1) is 13.2 Å². The molecule has 0 aromatic carbocycles. The van der Waals surface area contributed by atoms with Crippen molar-refractivity contribution in [1.29, 1.82) is 0 Å². The summed E-state index contributed by atoms with van der Waals surface area (Å²) >= 11 is 0. The van der Waals surface area contributed by atoms with Gasteiger partial charge < -0.3 is 20.1 Å². The summed E-state index contributed by atoms with van der Waals surface area (Å²) in [6.07, 6.45) is 2.98. The Kier molecular flexibility index (Phi) is 8.22.